The Morgan fingerprint density at radius 2 is 1.97 bits per heavy atom. The predicted octanol–water partition coefficient (Wildman–Crippen LogP) is 4.11. The number of rotatable bonds is 7. The number of hydrogen-bond donors (Lipinski definition) is 1. The molecular formula is C26H23N5O2. The number of aryl methyl sites for hydroxylation is 1. The van der Waals surface area contributed by atoms with Crippen molar-refractivity contribution in [2.24, 2.45) is 0 Å². The molecule has 0 amide bonds. The first-order valence-electron chi connectivity index (χ1n) is 11.3. The second-order valence-electron chi connectivity index (χ2n) is 8.79. The van der Waals surface area contributed by atoms with Gasteiger partial charge in [-0.3, -0.25) is 14.3 Å². The van der Waals surface area contributed by atoms with Crippen molar-refractivity contribution in [2.75, 3.05) is 0 Å². The van der Waals surface area contributed by atoms with Gasteiger partial charge in [0.15, 0.2) is 5.78 Å². The standard InChI is InChI=1S/C26H23N5O2/c32-24(9-7-18-11-26(33)29-23-4-2-1-3-22(18)23)20-12-27-31(14-20)16-21-15-30-13-19(17-5-6-17)8-10-25(30)28-21/h1-4,8,10-15,17H,5-7,9,16H2,(H,29,33). The van der Waals surface area contributed by atoms with Crippen LogP contribution in [0.5, 0.6) is 0 Å². The van der Waals surface area contributed by atoms with E-state index >= 15 is 0 Å². The fourth-order valence-corrected chi connectivity index (χ4v) is 4.43. The minimum atomic E-state index is -0.152. The molecule has 5 aromatic rings. The van der Waals surface area contributed by atoms with Crippen molar-refractivity contribution in [1.29, 1.82) is 0 Å². The van der Waals surface area contributed by atoms with Gasteiger partial charge in [-0.15, -0.1) is 0 Å². The van der Waals surface area contributed by atoms with Crippen LogP contribution in [0.1, 0.15) is 52.4 Å². The first kappa shape index (κ1) is 19.7. The number of aromatic amines is 1. The summed E-state index contributed by atoms with van der Waals surface area (Å²) in [5, 5.41) is 5.34. The molecule has 4 aromatic heterocycles. The first-order chi connectivity index (χ1) is 16.1. The zero-order chi connectivity index (χ0) is 22.4. The van der Waals surface area contributed by atoms with E-state index < -0.39 is 0 Å². The summed E-state index contributed by atoms with van der Waals surface area (Å²) in [7, 11) is 0. The number of carbonyl (C=O) groups is 1. The number of para-hydroxylation sites is 1. The Kier molecular flexibility index (Phi) is 4.68. The Bertz CT molecular complexity index is 1550. The third-order valence-electron chi connectivity index (χ3n) is 6.31. The van der Waals surface area contributed by atoms with Crippen molar-refractivity contribution in [1.82, 2.24) is 24.1 Å². The molecule has 0 radical (unpaired) electrons. The van der Waals surface area contributed by atoms with Crippen molar-refractivity contribution >= 4 is 22.3 Å². The third kappa shape index (κ3) is 3.98. The quantitative estimate of drug-likeness (QED) is 0.388. The molecule has 164 valence electrons. The molecule has 1 aromatic carbocycles. The summed E-state index contributed by atoms with van der Waals surface area (Å²) in [4.78, 5) is 32.3. The van der Waals surface area contributed by atoms with Gasteiger partial charge in [0.1, 0.15) is 5.65 Å². The minimum absolute atomic E-state index is 0.00897. The second kappa shape index (κ2) is 7.85. The average molecular weight is 438 g/mol. The van der Waals surface area contributed by atoms with Crippen LogP contribution >= 0.6 is 0 Å². The van der Waals surface area contributed by atoms with Crippen molar-refractivity contribution in [3.8, 4) is 0 Å². The lowest BCUT2D eigenvalue weighted by Gasteiger charge is -2.05. The van der Waals surface area contributed by atoms with E-state index in [0.717, 1.165) is 27.8 Å². The van der Waals surface area contributed by atoms with Crippen molar-refractivity contribution in [3.05, 3.63) is 100.0 Å². The highest BCUT2D eigenvalue weighted by molar-refractivity contribution is 5.96. The maximum absolute atomic E-state index is 12.8. The number of benzene rings is 1. The summed E-state index contributed by atoms with van der Waals surface area (Å²) in [6, 6.07) is 13.5. The van der Waals surface area contributed by atoms with Crippen LogP contribution in [0.15, 0.2) is 72.0 Å². The zero-order valence-electron chi connectivity index (χ0n) is 18.1. The number of fused-ring (bicyclic) bond motifs is 2. The summed E-state index contributed by atoms with van der Waals surface area (Å²) >= 11 is 0. The molecule has 33 heavy (non-hydrogen) atoms. The van der Waals surface area contributed by atoms with Gasteiger partial charge in [0, 0.05) is 42.0 Å². The summed E-state index contributed by atoms with van der Waals surface area (Å²) in [5.41, 5.74) is 5.28. The molecule has 1 aliphatic rings. The van der Waals surface area contributed by atoms with Gasteiger partial charge in [-0.05, 0) is 48.4 Å². The molecule has 1 saturated carbocycles. The van der Waals surface area contributed by atoms with Gasteiger partial charge in [0.25, 0.3) is 0 Å². The Labute approximate surface area is 189 Å². The Hall–Kier alpha value is -4.00. The summed E-state index contributed by atoms with van der Waals surface area (Å²) in [5.74, 6) is 0.710. The lowest BCUT2D eigenvalue weighted by molar-refractivity contribution is 0.0983. The number of aromatic nitrogens is 5. The van der Waals surface area contributed by atoms with Gasteiger partial charge in [0.2, 0.25) is 5.56 Å². The van der Waals surface area contributed by atoms with Crippen LogP contribution < -0.4 is 5.56 Å². The molecule has 6 rings (SSSR count). The highest BCUT2D eigenvalue weighted by Gasteiger charge is 2.23. The maximum Gasteiger partial charge on any atom is 0.248 e. The van der Waals surface area contributed by atoms with E-state index in [1.165, 1.54) is 18.4 Å². The highest BCUT2D eigenvalue weighted by Crippen LogP contribution is 2.39. The van der Waals surface area contributed by atoms with Crippen LogP contribution in [0.4, 0.5) is 0 Å². The van der Waals surface area contributed by atoms with E-state index in [4.69, 9.17) is 0 Å². The van der Waals surface area contributed by atoms with E-state index in [0.29, 0.717) is 30.9 Å². The van der Waals surface area contributed by atoms with Crippen LogP contribution in [0.2, 0.25) is 0 Å². The number of pyridine rings is 2. The fourth-order valence-electron chi connectivity index (χ4n) is 4.43. The average Bonchev–Trinajstić information content (AvgIpc) is 3.43. The van der Waals surface area contributed by atoms with E-state index in [1.54, 1.807) is 23.1 Å². The number of ketones is 1. The molecule has 0 unspecified atom stereocenters. The van der Waals surface area contributed by atoms with Crippen molar-refractivity contribution in [2.45, 2.75) is 38.1 Å². The minimum Gasteiger partial charge on any atom is -0.322 e. The molecule has 0 atom stereocenters. The number of nitrogens with one attached hydrogen (secondary N) is 1. The maximum atomic E-state index is 12.8. The van der Waals surface area contributed by atoms with Gasteiger partial charge in [-0.25, -0.2) is 4.98 Å². The fraction of sp³-hybridized carbons (Fsp3) is 0.231. The van der Waals surface area contributed by atoms with Crippen LogP contribution in [0, 0.1) is 0 Å². The first-order valence-corrected chi connectivity index (χ1v) is 11.3. The third-order valence-corrected chi connectivity index (χ3v) is 6.31. The molecule has 1 fully saturated rings. The van der Waals surface area contributed by atoms with Gasteiger partial charge in [0.05, 0.1) is 24.0 Å². The molecule has 7 nitrogen and oxygen atoms in total. The van der Waals surface area contributed by atoms with Gasteiger partial charge < -0.3 is 9.38 Å². The number of nitrogens with zero attached hydrogens (tertiary/aromatic N) is 4. The number of imidazole rings is 1. The number of hydrogen-bond acceptors (Lipinski definition) is 4. The van der Waals surface area contributed by atoms with Gasteiger partial charge in [-0.1, -0.05) is 24.3 Å². The Morgan fingerprint density at radius 3 is 2.85 bits per heavy atom. The molecule has 1 N–H and O–H groups in total. The van der Waals surface area contributed by atoms with Crippen LogP contribution in [0.25, 0.3) is 16.6 Å². The smallest absolute Gasteiger partial charge is 0.248 e. The number of Topliss-reactive ketones (excluding diaryl/α,β-unsaturated/α-hetero) is 1. The van der Waals surface area contributed by atoms with E-state index in [2.05, 4.69) is 37.8 Å². The monoisotopic (exact) mass is 437 g/mol. The SMILES string of the molecule is O=C(CCc1cc(=O)[nH]c2ccccc12)c1cnn(Cc2cn3cc(C4CC4)ccc3n2)c1. The van der Waals surface area contributed by atoms with E-state index in [-0.39, 0.29) is 11.3 Å². The van der Waals surface area contributed by atoms with Crippen LogP contribution in [-0.2, 0) is 13.0 Å². The van der Waals surface area contributed by atoms with Crippen molar-refractivity contribution in [3.63, 3.8) is 0 Å². The lowest BCUT2D eigenvalue weighted by atomic mass is 10.0. The topological polar surface area (TPSA) is 85.0 Å². The number of carbonyl (C=O) groups excluding carboxylic acids is 1. The molecule has 0 saturated heterocycles. The summed E-state index contributed by atoms with van der Waals surface area (Å²) in [6.07, 6.45) is 10.9. The molecule has 4 heterocycles. The van der Waals surface area contributed by atoms with E-state index in [9.17, 15) is 9.59 Å². The van der Waals surface area contributed by atoms with Crippen molar-refractivity contribution < 1.29 is 4.79 Å². The molecule has 1 aliphatic carbocycles. The van der Waals surface area contributed by atoms with Crippen LogP contribution in [-0.4, -0.2) is 29.9 Å². The molecule has 0 aliphatic heterocycles. The normalized spacial score (nSPS) is 13.7. The van der Waals surface area contributed by atoms with Crippen LogP contribution in [0.3, 0.4) is 0 Å². The largest absolute Gasteiger partial charge is 0.322 e. The molecule has 0 spiro atoms. The number of H-pyrrole nitrogens is 1. The van der Waals surface area contributed by atoms with Gasteiger partial charge in [-0.2, -0.15) is 5.10 Å². The molecule has 7 heteroatoms. The summed E-state index contributed by atoms with van der Waals surface area (Å²) < 4.78 is 3.82. The zero-order valence-corrected chi connectivity index (χ0v) is 18.1. The predicted molar refractivity (Wildman–Crippen MR) is 126 cm³/mol. The molecular weight excluding hydrogens is 414 g/mol. The molecule has 0 bridgehead atoms. The van der Waals surface area contributed by atoms with Gasteiger partial charge >= 0.3 is 0 Å². The highest BCUT2D eigenvalue weighted by atomic mass is 16.1. The Morgan fingerprint density at radius 1 is 1.09 bits per heavy atom. The summed E-state index contributed by atoms with van der Waals surface area (Å²) in [6.45, 7) is 0.506. The van der Waals surface area contributed by atoms with E-state index in [1.807, 2.05) is 30.5 Å². The second-order valence-corrected chi connectivity index (χ2v) is 8.79. The Balaban J connectivity index is 1.15. The lowest BCUT2D eigenvalue weighted by Crippen LogP contribution is -2.08.